The van der Waals surface area contributed by atoms with Crippen LogP contribution in [0, 0.1) is 0 Å². The van der Waals surface area contributed by atoms with Gasteiger partial charge in [-0.05, 0) is 41.9 Å². The summed E-state index contributed by atoms with van der Waals surface area (Å²) in [6.45, 7) is 2.96. The zero-order valence-corrected chi connectivity index (χ0v) is 18.1. The van der Waals surface area contributed by atoms with Gasteiger partial charge in [-0.2, -0.15) is 0 Å². The molecule has 0 bridgehead atoms. The SMILES string of the molecule is CCCOC(=O)C[C@@H]1C(=O)NCCN1C(=S)NC(=O)c1ccc(-c2ccccc2)cc1. The zero-order valence-electron chi connectivity index (χ0n) is 17.3. The second kappa shape index (κ2) is 10.7. The highest BCUT2D eigenvalue weighted by Crippen LogP contribution is 2.19. The van der Waals surface area contributed by atoms with Crippen LogP contribution in [0.1, 0.15) is 30.1 Å². The predicted molar refractivity (Wildman–Crippen MR) is 121 cm³/mol. The molecule has 0 radical (unpaired) electrons. The van der Waals surface area contributed by atoms with E-state index in [4.69, 9.17) is 17.0 Å². The van der Waals surface area contributed by atoms with Gasteiger partial charge in [0, 0.05) is 18.7 Å². The van der Waals surface area contributed by atoms with Crippen LogP contribution in [0.15, 0.2) is 54.6 Å². The smallest absolute Gasteiger partial charge is 0.308 e. The van der Waals surface area contributed by atoms with Gasteiger partial charge in [0.25, 0.3) is 5.91 Å². The molecule has 1 heterocycles. The molecular weight excluding hydrogens is 414 g/mol. The van der Waals surface area contributed by atoms with Crippen LogP contribution in [-0.4, -0.2) is 53.5 Å². The Bertz CT molecular complexity index is 947. The van der Waals surface area contributed by atoms with Gasteiger partial charge in [-0.1, -0.05) is 49.4 Å². The van der Waals surface area contributed by atoms with E-state index in [0.29, 0.717) is 31.7 Å². The van der Waals surface area contributed by atoms with E-state index in [9.17, 15) is 14.4 Å². The van der Waals surface area contributed by atoms with Crippen LogP contribution in [0.3, 0.4) is 0 Å². The van der Waals surface area contributed by atoms with E-state index in [1.165, 1.54) is 0 Å². The van der Waals surface area contributed by atoms with Crippen molar-refractivity contribution in [1.82, 2.24) is 15.5 Å². The van der Waals surface area contributed by atoms with Gasteiger partial charge >= 0.3 is 5.97 Å². The van der Waals surface area contributed by atoms with Crippen LogP contribution in [0.5, 0.6) is 0 Å². The molecule has 2 amide bonds. The minimum Gasteiger partial charge on any atom is -0.466 e. The summed E-state index contributed by atoms with van der Waals surface area (Å²) in [7, 11) is 0. The minimum absolute atomic E-state index is 0.111. The first-order chi connectivity index (χ1) is 15.0. The summed E-state index contributed by atoms with van der Waals surface area (Å²) >= 11 is 5.38. The Hall–Kier alpha value is -3.26. The van der Waals surface area contributed by atoms with Crippen molar-refractivity contribution in [1.29, 1.82) is 0 Å². The predicted octanol–water partition coefficient (Wildman–Crippen LogP) is 2.51. The van der Waals surface area contributed by atoms with Crippen LogP contribution >= 0.6 is 12.2 Å². The third-order valence-electron chi connectivity index (χ3n) is 4.89. The van der Waals surface area contributed by atoms with Crippen molar-refractivity contribution < 1.29 is 19.1 Å². The molecular formula is C23H25N3O4S. The lowest BCUT2D eigenvalue weighted by atomic mass is 10.0. The number of ether oxygens (including phenoxy) is 1. The zero-order chi connectivity index (χ0) is 22.2. The van der Waals surface area contributed by atoms with Gasteiger partial charge in [0.05, 0.1) is 13.0 Å². The van der Waals surface area contributed by atoms with Crippen molar-refractivity contribution in [2.45, 2.75) is 25.8 Å². The Morgan fingerprint density at radius 1 is 1.13 bits per heavy atom. The summed E-state index contributed by atoms with van der Waals surface area (Å²) < 4.78 is 5.09. The third-order valence-corrected chi connectivity index (χ3v) is 5.23. The summed E-state index contributed by atoms with van der Waals surface area (Å²) in [5.41, 5.74) is 2.50. The van der Waals surface area contributed by atoms with Gasteiger partial charge in [0.1, 0.15) is 6.04 Å². The number of rotatable bonds is 6. The molecule has 0 saturated carbocycles. The molecule has 7 nitrogen and oxygen atoms in total. The number of thiocarbonyl (C=S) groups is 1. The fourth-order valence-corrected chi connectivity index (χ4v) is 3.59. The quantitative estimate of drug-likeness (QED) is 0.531. The molecule has 2 aromatic rings. The first-order valence-electron chi connectivity index (χ1n) is 10.2. The highest BCUT2D eigenvalue weighted by molar-refractivity contribution is 7.80. The van der Waals surface area contributed by atoms with Crippen molar-refractivity contribution in [3.05, 3.63) is 60.2 Å². The van der Waals surface area contributed by atoms with E-state index in [0.717, 1.165) is 11.1 Å². The minimum atomic E-state index is -0.814. The number of carbonyl (C=O) groups is 3. The van der Waals surface area contributed by atoms with E-state index in [2.05, 4.69) is 10.6 Å². The van der Waals surface area contributed by atoms with Gasteiger partial charge in [0.15, 0.2) is 5.11 Å². The fraction of sp³-hybridized carbons (Fsp3) is 0.304. The van der Waals surface area contributed by atoms with Crippen LogP contribution in [-0.2, 0) is 14.3 Å². The van der Waals surface area contributed by atoms with E-state index in [1.54, 1.807) is 17.0 Å². The normalized spacial score (nSPS) is 15.7. The van der Waals surface area contributed by atoms with E-state index in [-0.39, 0.29) is 23.3 Å². The second-order valence-corrected chi connectivity index (χ2v) is 7.51. The standard InChI is InChI=1S/C23H25N3O4S/c1-2-14-30-20(27)15-19-22(29)24-12-13-26(19)23(31)25-21(28)18-10-8-17(9-11-18)16-6-4-3-5-7-16/h3-11,19H,2,12-15H2,1H3,(H,24,29)(H,25,28,31)/t19-/m1/s1. The summed E-state index contributed by atoms with van der Waals surface area (Å²) in [5, 5.41) is 5.51. The van der Waals surface area contributed by atoms with Gasteiger partial charge in [-0.3, -0.25) is 19.7 Å². The molecule has 1 saturated heterocycles. The molecule has 1 aliphatic rings. The highest BCUT2D eigenvalue weighted by Gasteiger charge is 2.34. The Morgan fingerprint density at radius 3 is 2.48 bits per heavy atom. The number of piperazine rings is 1. The van der Waals surface area contributed by atoms with Crippen molar-refractivity contribution >= 4 is 35.1 Å². The van der Waals surface area contributed by atoms with Gasteiger partial charge in [0.2, 0.25) is 5.91 Å². The Labute approximate surface area is 186 Å². The molecule has 2 N–H and O–H groups in total. The Morgan fingerprint density at radius 2 is 1.81 bits per heavy atom. The number of hydrogen-bond donors (Lipinski definition) is 2. The molecule has 1 fully saturated rings. The van der Waals surface area contributed by atoms with Crippen molar-refractivity contribution in [2.24, 2.45) is 0 Å². The van der Waals surface area contributed by atoms with Crippen LogP contribution in [0.25, 0.3) is 11.1 Å². The number of benzene rings is 2. The molecule has 1 atom stereocenters. The maximum Gasteiger partial charge on any atom is 0.308 e. The van der Waals surface area contributed by atoms with Crippen molar-refractivity contribution in [2.75, 3.05) is 19.7 Å². The molecule has 3 rings (SSSR count). The summed E-state index contributed by atoms with van der Waals surface area (Å²) in [5.74, 6) is -1.16. The number of carbonyl (C=O) groups excluding carboxylic acids is 3. The molecule has 2 aromatic carbocycles. The van der Waals surface area contributed by atoms with Crippen molar-refractivity contribution in [3.8, 4) is 11.1 Å². The van der Waals surface area contributed by atoms with Gasteiger partial charge in [-0.25, -0.2) is 0 Å². The molecule has 162 valence electrons. The Kier molecular flexibility index (Phi) is 7.72. The number of hydrogen-bond acceptors (Lipinski definition) is 5. The maximum absolute atomic E-state index is 12.7. The molecule has 0 aromatic heterocycles. The largest absolute Gasteiger partial charge is 0.466 e. The van der Waals surface area contributed by atoms with E-state index < -0.39 is 12.0 Å². The summed E-state index contributed by atoms with van der Waals surface area (Å²) in [6.07, 6.45) is 0.567. The lowest BCUT2D eigenvalue weighted by molar-refractivity contribution is -0.147. The van der Waals surface area contributed by atoms with E-state index in [1.807, 2.05) is 49.4 Å². The molecule has 31 heavy (non-hydrogen) atoms. The molecule has 0 spiro atoms. The lowest BCUT2D eigenvalue weighted by Crippen LogP contribution is -2.60. The number of amides is 2. The first-order valence-corrected chi connectivity index (χ1v) is 10.6. The summed E-state index contributed by atoms with van der Waals surface area (Å²) in [6, 6.07) is 16.2. The van der Waals surface area contributed by atoms with Gasteiger partial charge < -0.3 is 15.0 Å². The van der Waals surface area contributed by atoms with Crippen LogP contribution in [0.4, 0.5) is 0 Å². The fourth-order valence-electron chi connectivity index (χ4n) is 3.28. The molecule has 1 aliphatic heterocycles. The van der Waals surface area contributed by atoms with Crippen LogP contribution < -0.4 is 10.6 Å². The molecule has 8 heteroatoms. The lowest BCUT2D eigenvalue weighted by Gasteiger charge is -2.36. The number of nitrogens with one attached hydrogen (secondary N) is 2. The third kappa shape index (κ3) is 5.88. The molecule has 0 aliphatic carbocycles. The molecule has 0 unspecified atom stereocenters. The van der Waals surface area contributed by atoms with Crippen LogP contribution in [0.2, 0.25) is 0 Å². The number of nitrogens with zero attached hydrogens (tertiary/aromatic N) is 1. The number of esters is 1. The average molecular weight is 440 g/mol. The van der Waals surface area contributed by atoms with Crippen molar-refractivity contribution in [3.63, 3.8) is 0 Å². The van der Waals surface area contributed by atoms with E-state index >= 15 is 0 Å². The Balaban J connectivity index is 1.65. The average Bonchev–Trinajstić information content (AvgIpc) is 2.79. The van der Waals surface area contributed by atoms with Gasteiger partial charge in [-0.15, -0.1) is 0 Å². The second-order valence-electron chi connectivity index (χ2n) is 7.13. The monoisotopic (exact) mass is 439 g/mol. The summed E-state index contributed by atoms with van der Waals surface area (Å²) in [4.78, 5) is 38.6. The highest BCUT2D eigenvalue weighted by atomic mass is 32.1. The maximum atomic E-state index is 12.7. The topological polar surface area (TPSA) is 87.7 Å². The first kappa shape index (κ1) is 22.4.